The van der Waals surface area contributed by atoms with Gasteiger partial charge in [-0.1, -0.05) is 104 Å². The highest BCUT2D eigenvalue weighted by molar-refractivity contribution is 7.17. The highest BCUT2D eigenvalue weighted by Gasteiger charge is 2.24. The lowest BCUT2D eigenvalue weighted by Crippen LogP contribution is -2.14. The minimum Gasteiger partial charge on any atom is -0.354 e. The van der Waals surface area contributed by atoms with E-state index in [0.29, 0.717) is 5.02 Å². The van der Waals surface area contributed by atoms with Gasteiger partial charge < -0.3 is 10.2 Å². The summed E-state index contributed by atoms with van der Waals surface area (Å²) in [5.41, 5.74) is 10.4. The van der Waals surface area contributed by atoms with Crippen LogP contribution in [0.1, 0.15) is 84.6 Å². The van der Waals surface area contributed by atoms with E-state index >= 15 is 0 Å². The average Bonchev–Trinajstić information content (AvgIpc) is 3.33. The van der Waals surface area contributed by atoms with Crippen LogP contribution in [0, 0.1) is 6.92 Å². The van der Waals surface area contributed by atoms with Gasteiger partial charge in [0, 0.05) is 26.8 Å². The average molecular weight is 609 g/mol. The quantitative estimate of drug-likeness (QED) is 0.213. The van der Waals surface area contributed by atoms with Gasteiger partial charge in [0.25, 0.3) is 0 Å². The van der Waals surface area contributed by atoms with Crippen LogP contribution in [0.5, 0.6) is 0 Å². The molecule has 1 aromatic heterocycles. The molecule has 4 aromatic carbocycles. The molecule has 0 bridgehead atoms. The van der Waals surface area contributed by atoms with Crippen molar-refractivity contribution in [2.45, 2.75) is 85.5 Å². The Balaban J connectivity index is 1.67. The van der Waals surface area contributed by atoms with Crippen LogP contribution in [0.3, 0.4) is 0 Å². The summed E-state index contributed by atoms with van der Waals surface area (Å²) in [4.78, 5) is 2.33. The maximum absolute atomic E-state index is 7.35. The van der Waals surface area contributed by atoms with Crippen molar-refractivity contribution in [3.63, 3.8) is 0 Å². The van der Waals surface area contributed by atoms with E-state index < -0.39 is 0 Å². The van der Waals surface area contributed by atoms with Crippen LogP contribution >= 0.6 is 22.9 Å². The molecule has 2 nitrogen and oxygen atoms in total. The van der Waals surface area contributed by atoms with Gasteiger partial charge in [-0.3, -0.25) is 0 Å². The third-order valence-corrected chi connectivity index (χ3v) is 9.47. The number of halogens is 1. The zero-order chi connectivity index (χ0) is 31.3. The van der Waals surface area contributed by atoms with Crippen LogP contribution in [0.4, 0.5) is 28.4 Å². The molecule has 0 fully saturated rings. The molecular formula is C39H45ClN2S. The number of aryl methyl sites for hydroxylation is 1. The van der Waals surface area contributed by atoms with Crippen molar-refractivity contribution in [1.82, 2.24) is 0 Å². The summed E-state index contributed by atoms with van der Waals surface area (Å²) >= 11 is 9.13. The molecule has 0 spiro atoms. The van der Waals surface area contributed by atoms with E-state index in [1.807, 2.05) is 0 Å². The molecule has 43 heavy (non-hydrogen) atoms. The summed E-state index contributed by atoms with van der Waals surface area (Å²) in [5.74, 6) is 0. The number of hydrogen-bond acceptors (Lipinski definition) is 3. The topological polar surface area (TPSA) is 15.3 Å². The van der Waals surface area contributed by atoms with Gasteiger partial charge in [0.1, 0.15) is 0 Å². The maximum atomic E-state index is 7.35. The van der Waals surface area contributed by atoms with Crippen LogP contribution in [0.15, 0.2) is 84.2 Å². The first kappa shape index (κ1) is 31.2. The minimum atomic E-state index is 0.0488. The lowest BCUT2D eigenvalue weighted by Gasteiger charge is -2.29. The summed E-state index contributed by atoms with van der Waals surface area (Å²) in [6.07, 6.45) is 0. The molecule has 0 aliphatic carbocycles. The van der Waals surface area contributed by atoms with E-state index in [1.165, 1.54) is 26.8 Å². The molecule has 0 radical (unpaired) electrons. The molecule has 4 heteroatoms. The fourth-order valence-electron chi connectivity index (χ4n) is 5.39. The molecule has 1 N–H and O–H groups in total. The van der Waals surface area contributed by atoms with Gasteiger partial charge in [-0.15, -0.1) is 11.3 Å². The summed E-state index contributed by atoms with van der Waals surface area (Å²) in [6.45, 7) is 22.4. The van der Waals surface area contributed by atoms with Crippen molar-refractivity contribution >= 4 is 61.5 Å². The maximum Gasteiger partial charge on any atom is 0.0881 e. The molecule has 0 amide bonds. The van der Waals surface area contributed by atoms with Crippen molar-refractivity contribution in [1.29, 1.82) is 0 Å². The van der Waals surface area contributed by atoms with Gasteiger partial charge in [0.2, 0.25) is 0 Å². The minimum absolute atomic E-state index is 0.0488. The monoisotopic (exact) mass is 608 g/mol. The Bertz CT molecular complexity index is 1740. The SMILES string of the molecule is Cc1cc(Nc2ccc(C(C)(C)C)cc2)c(Cl)c(N(c2ccc(C(C)(C)C)cc2)c2csc3ccc(C(C)(C)C)cc23)c1. The second-order valence-electron chi connectivity index (χ2n) is 14.8. The first-order valence-electron chi connectivity index (χ1n) is 15.1. The zero-order valence-corrected chi connectivity index (χ0v) is 28.9. The van der Waals surface area contributed by atoms with Gasteiger partial charge in [0.05, 0.1) is 22.1 Å². The van der Waals surface area contributed by atoms with Gasteiger partial charge in [-0.25, -0.2) is 0 Å². The Hall–Kier alpha value is -3.27. The largest absolute Gasteiger partial charge is 0.354 e. The standard InChI is InChI=1S/C39H45ClN2S/c1-25-21-32(41-29-16-11-26(12-17-29)37(2,3)4)36(40)33(22-25)42(30-18-13-27(14-19-30)38(5,6)7)34-24-43-35-20-15-28(23-31(34)35)39(8,9)10/h11-24,41H,1-10H3. The number of hydrogen-bond donors (Lipinski definition) is 1. The zero-order valence-electron chi connectivity index (χ0n) is 27.3. The lowest BCUT2D eigenvalue weighted by atomic mass is 9.86. The Morgan fingerprint density at radius 2 is 1.16 bits per heavy atom. The van der Waals surface area contributed by atoms with E-state index in [9.17, 15) is 0 Å². The van der Waals surface area contributed by atoms with Gasteiger partial charge in [-0.2, -0.15) is 0 Å². The predicted octanol–water partition coefficient (Wildman–Crippen LogP) is 13.0. The highest BCUT2D eigenvalue weighted by atomic mass is 35.5. The number of fused-ring (bicyclic) bond motifs is 1. The molecule has 0 atom stereocenters. The Labute approximate surface area is 267 Å². The van der Waals surface area contributed by atoms with E-state index in [-0.39, 0.29) is 16.2 Å². The number of rotatable bonds is 5. The first-order chi connectivity index (χ1) is 20.0. The molecule has 0 saturated carbocycles. The van der Waals surface area contributed by atoms with Crippen LogP contribution in [-0.4, -0.2) is 0 Å². The van der Waals surface area contributed by atoms with Crippen molar-refractivity contribution < 1.29 is 0 Å². The van der Waals surface area contributed by atoms with Crippen LogP contribution in [0.2, 0.25) is 5.02 Å². The van der Waals surface area contributed by atoms with Gasteiger partial charge >= 0.3 is 0 Å². The van der Waals surface area contributed by atoms with E-state index in [0.717, 1.165) is 34.0 Å². The molecule has 0 aliphatic rings. The third-order valence-electron chi connectivity index (χ3n) is 8.12. The summed E-state index contributed by atoms with van der Waals surface area (Å²) in [5, 5.41) is 7.82. The van der Waals surface area contributed by atoms with E-state index in [2.05, 4.69) is 164 Å². The van der Waals surface area contributed by atoms with Crippen molar-refractivity contribution in [2.24, 2.45) is 0 Å². The number of nitrogens with one attached hydrogen (secondary N) is 1. The predicted molar refractivity (Wildman–Crippen MR) is 192 cm³/mol. The Kier molecular flexibility index (Phi) is 8.22. The van der Waals surface area contributed by atoms with Gasteiger partial charge in [0.15, 0.2) is 0 Å². The fourth-order valence-corrected chi connectivity index (χ4v) is 6.54. The number of anilines is 5. The van der Waals surface area contributed by atoms with E-state index in [4.69, 9.17) is 11.6 Å². The molecule has 224 valence electrons. The first-order valence-corrected chi connectivity index (χ1v) is 16.4. The van der Waals surface area contributed by atoms with Crippen LogP contribution in [-0.2, 0) is 16.2 Å². The molecule has 0 unspecified atom stereocenters. The summed E-state index contributed by atoms with van der Waals surface area (Å²) in [7, 11) is 0. The van der Waals surface area contributed by atoms with Crippen LogP contribution in [0.25, 0.3) is 10.1 Å². The second kappa shape index (κ2) is 11.3. The summed E-state index contributed by atoms with van der Waals surface area (Å²) < 4.78 is 1.26. The number of benzene rings is 4. The Morgan fingerprint density at radius 1 is 0.628 bits per heavy atom. The molecular weight excluding hydrogens is 564 g/mol. The van der Waals surface area contributed by atoms with Gasteiger partial charge in [-0.05, 0) is 94.0 Å². The smallest absolute Gasteiger partial charge is 0.0881 e. The molecule has 0 aliphatic heterocycles. The van der Waals surface area contributed by atoms with E-state index in [1.54, 1.807) is 11.3 Å². The second-order valence-corrected chi connectivity index (χ2v) is 16.1. The molecule has 5 aromatic rings. The fraction of sp³-hybridized carbons (Fsp3) is 0.333. The normalized spacial score (nSPS) is 12.5. The molecule has 0 saturated heterocycles. The van der Waals surface area contributed by atoms with Crippen molar-refractivity contribution in [3.8, 4) is 0 Å². The van der Waals surface area contributed by atoms with Crippen molar-refractivity contribution in [2.75, 3.05) is 10.2 Å². The summed E-state index contributed by atoms with van der Waals surface area (Å²) in [6, 6.07) is 28.8. The van der Waals surface area contributed by atoms with Crippen LogP contribution < -0.4 is 10.2 Å². The third kappa shape index (κ3) is 6.64. The lowest BCUT2D eigenvalue weighted by molar-refractivity contribution is 0.590. The highest BCUT2D eigenvalue weighted by Crippen LogP contribution is 2.48. The molecule has 1 heterocycles. The molecule has 5 rings (SSSR count). The van der Waals surface area contributed by atoms with Crippen molar-refractivity contribution in [3.05, 3.63) is 112 Å². The number of nitrogens with zero attached hydrogens (tertiary/aromatic N) is 1. The number of thiophene rings is 1. The Morgan fingerprint density at radius 3 is 1.72 bits per heavy atom.